The maximum atomic E-state index is 2.49. The van der Waals surface area contributed by atoms with Crippen molar-refractivity contribution in [3.8, 4) is 0 Å². The number of hydrogen-bond acceptors (Lipinski definition) is 2. The highest BCUT2D eigenvalue weighted by molar-refractivity contribution is 5.73. The van der Waals surface area contributed by atoms with Crippen LogP contribution in [0, 0.1) is 0 Å². The second-order valence-corrected chi connectivity index (χ2v) is 13.0. The quantitative estimate of drug-likeness (QED) is 0.365. The largest absolute Gasteiger partial charge is 0.377 e. The summed E-state index contributed by atoms with van der Waals surface area (Å²) in [6.07, 6.45) is 4.70. The number of nitrogens with zero attached hydrogens (tertiary/aromatic N) is 4. The molecule has 2 aromatic carbocycles. The second-order valence-electron chi connectivity index (χ2n) is 13.0. The summed E-state index contributed by atoms with van der Waals surface area (Å²) < 4.78 is 1.93. The molecular weight excluding hydrogens is 416 g/mol. The summed E-state index contributed by atoms with van der Waals surface area (Å²) in [5.74, 6) is 0. The van der Waals surface area contributed by atoms with Crippen LogP contribution in [0.4, 0.5) is 22.7 Å². The van der Waals surface area contributed by atoms with E-state index in [4.69, 9.17) is 0 Å². The van der Waals surface area contributed by atoms with Crippen LogP contribution < -0.4 is 18.8 Å². The van der Waals surface area contributed by atoms with E-state index < -0.39 is 0 Å². The third kappa shape index (κ3) is 3.32. The Bertz CT molecular complexity index is 1030. The van der Waals surface area contributed by atoms with Crippen LogP contribution in [0.25, 0.3) is 0 Å². The minimum Gasteiger partial charge on any atom is -0.377 e. The monoisotopic (exact) mass is 464 g/mol. The molecule has 4 nitrogen and oxygen atoms in total. The summed E-state index contributed by atoms with van der Waals surface area (Å²) in [5.41, 5.74) is 12.1. The highest BCUT2D eigenvalue weighted by Crippen LogP contribution is 2.54. The second kappa shape index (κ2) is 7.73. The number of fused-ring (bicyclic) bond motifs is 2. The van der Waals surface area contributed by atoms with Crippen LogP contribution in [0.5, 0.6) is 0 Å². The summed E-state index contributed by atoms with van der Waals surface area (Å²) >= 11 is 0. The van der Waals surface area contributed by atoms with Crippen LogP contribution in [0.2, 0.25) is 0 Å². The maximum absolute atomic E-state index is 2.49. The first-order valence-corrected chi connectivity index (χ1v) is 12.9. The Morgan fingerprint density at radius 3 is 1.21 bits per heavy atom. The van der Waals surface area contributed by atoms with Crippen molar-refractivity contribution in [3.63, 3.8) is 0 Å². The lowest BCUT2D eigenvalue weighted by Crippen LogP contribution is -2.63. The Hall–Kier alpha value is -2.04. The molecule has 0 saturated heterocycles. The minimum atomic E-state index is 0.177. The van der Waals surface area contributed by atoms with Crippen molar-refractivity contribution in [3.05, 3.63) is 46.5 Å². The fourth-order valence-corrected chi connectivity index (χ4v) is 6.11. The first kappa shape index (κ1) is 25.1. The van der Waals surface area contributed by atoms with Crippen LogP contribution in [0.1, 0.15) is 62.8 Å². The molecule has 4 heteroatoms. The number of hydrogen-bond donors (Lipinski definition) is 0. The SMILES string of the molecule is CN(C)c1cc2c(cc1CCCCc1cc3c(cc1N(C)C)C(C)(C)[N+]3(C)C)[N+](C)(C)C2(C)C. The fourth-order valence-electron chi connectivity index (χ4n) is 6.11. The predicted octanol–water partition coefficient (Wildman–Crippen LogP) is 6.02. The van der Waals surface area contributed by atoms with Crippen LogP contribution in [-0.2, 0) is 23.9 Å². The van der Waals surface area contributed by atoms with Gasteiger partial charge >= 0.3 is 0 Å². The van der Waals surface area contributed by atoms with E-state index in [9.17, 15) is 0 Å². The molecule has 0 radical (unpaired) electrons. The van der Waals surface area contributed by atoms with E-state index in [1.54, 1.807) is 0 Å². The van der Waals surface area contributed by atoms with E-state index in [0.29, 0.717) is 0 Å². The number of unbranched alkanes of at least 4 members (excludes halogenated alkanes) is 1. The molecule has 2 heterocycles. The van der Waals surface area contributed by atoms with Gasteiger partial charge in [0.2, 0.25) is 0 Å². The number of rotatable bonds is 7. The van der Waals surface area contributed by atoms with Crippen molar-refractivity contribution < 1.29 is 0 Å². The minimum absolute atomic E-state index is 0.177. The lowest BCUT2D eigenvalue weighted by atomic mass is 9.77. The Morgan fingerprint density at radius 2 is 0.912 bits per heavy atom. The summed E-state index contributed by atoms with van der Waals surface area (Å²) in [4.78, 5) is 4.60. The summed E-state index contributed by atoms with van der Waals surface area (Å²) in [6, 6.07) is 9.90. The first-order chi connectivity index (χ1) is 15.5. The molecule has 0 bridgehead atoms. The molecule has 0 atom stereocenters. The van der Waals surface area contributed by atoms with Gasteiger partial charge in [0.25, 0.3) is 0 Å². The van der Waals surface area contributed by atoms with Gasteiger partial charge in [0.15, 0.2) is 0 Å². The van der Waals surface area contributed by atoms with E-state index in [0.717, 1.165) is 21.8 Å². The Morgan fingerprint density at radius 1 is 0.588 bits per heavy atom. The van der Waals surface area contributed by atoms with E-state index in [1.807, 2.05) is 0 Å². The molecule has 2 aromatic rings. The zero-order chi connectivity index (χ0) is 25.4. The first-order valence-electron chi connectivity index (χ1n) is 12.9. The van der Waals surface area contributed by atoms with Crippen molar-refractivity contribution in [1.29, 1.82) is 0 Å². The standard InChI is InChI=1S/C30H48N4/c1-29(2)23-19-25(31(5)6)21(17-27(23)33(29,9)10)15-13-14-16-22-18-28-24(20-26(22)32(7)8)30(3,4)34(28,11)12/h17-20H,13-16H2,1-12H3/q+2. The van der Waals surface area contributed by atoms with Crippen molar-refractivity contribution in [2.45, 2.75) is 64.5 Å². The van der Waals surface area contributed by atoms with E-state index in [-0.39, 0.29) is 11.1 Å². The zero-order valence-electron chi connectivity index (χ0n) is 23.9. The lowest BCUT2D eigenvalue weighted by Gasteiger charge is -2.54. The smallest absolute Gasteiger partial charge is 0.143 e. The zero-order valence-corrected chi connectivity index (χ0v) is 23.9. The van der Waals surface area contributed by atoms with Crippen LogP contribution in [0.15, 0.2) is 24.3 Å². The molecule has 0 unspecified atom stereocenters. The van der Waals surface area contributed by atoms with Crippen LogP contribution in [0.3, 0.4) is 0 Å². The summed E-state index contributed by atoms with van der Waals surface area (Å²) in [7, 11) is 18.1. The van der Waals surface area contributed by atoms with Crippen molar-refractivity contribution in [1.82, 2.24) is 8.97 Å². The van der Waals surface area contributed by atoms with Gasteiger partial charge in [0, 0.05) is 51.7 Å². The molecule has 0 saturated carbocycles. The number of aryl methyl sites for hydroxylation is 2. The normalized spacial score (nSPS) is 20.0. The summed E-state index contributed by atoms with van der Waals surface area (Å²) in [6.45, 7) is 9.47. The van der Waals surface area contributed by atoms with Gasteiger partial charge in [0.05, 0.1) is 39.3 Å². The van der Waals surface area contributed by atoms with E-state index in [1.165, 1.54) is 57.8 Å². The molecule has 0 aliphatic carbocycles. The topological polar surface area (TPSA) is 6.48 Å². The molecule has 4 rings (SSSR count). The molecule has 186 valence electrons. The summed E-state index contributed by atoms with van der Waals surface area (Å²) in [5, 5.41) is 0. The highest BCUT2D eigenvalue weighted by Gasteiger charge is 2.55. The molecule has 0 N–H and O–H groups in total. The Kier molecular flexibility index (Phi) is 5.70. The molecular formula is C30H48N4+2. The van der Waals surface area contributed by atoms with Gasteiger partial charge in [-0.05, 0) is 76.6 Å². The average Bonchev–Trinajstić information content (AvgIpc) is 2.75. The van der Waals surface area contributed by atoms with Crippen LogP contribution in [-0.4, -0.2) is 56.4 Å². The number of benzene rings is 2. The van der Waals surface area contributed by atoms with Crippen molar-refractivity contribution in [2.24, 2.45) is 0 Å². The van der Waals surface area contributed by atoms with Crippen molar-refractivity contribution >= 4 is 22.7 Å². The number of quaternary nitrogens is 2. The van der Waals surface area contributed by atoms with Gasteiger partial charge in [-0.3, -0.25) is 8.97 Å². The molecule has 2 aliphatic heterocycles. The van der Waals surface area contributed by atoms with Gasteiger partial charge in [-0.25, -0.2) is 0 Å². The predicted molar refractivity (Wildman–Crippen MR) is 152 cm³/mol. The van der Waals surface area contributed by atoms with Crippen LogP contribution >= 0.6 is 0 Å². The van der Waals surface area contributed by atoms with E-state index >= 15 is 0 Å². The molecule has 2 aliphatic rings. The maximum Gasteiger partial charge on any atom is 0.143 e. The third-order valence-electron chi connectivity index (χ3n) is 9.82. The fraction of sp³-hybridized carbons (Fsp3) is 0.600. The molecule has 0 spiro atoms. The Labute approximate surface area is 209 Å². The van der Waals surface area contributed by atoms with Gasteiger partial charge in [-0.15, -0.1) is 0 Å². The van der Waals surface area contributed by atoms with Gasteiger partial charge in [-0.1, -0.05) is 0 Å². The molecule has 0 aromatic heterocycles. The highest BCUT2D eigenvalue weighted by atomic mass is 15.4. The molecule has 0 amide bonds. The van der Waals surface area contributed by atoms with E-state index in [2.05, 4.69) is 118 Å². The van der Waals surface area contributed by atoms with Gasteiger partial charge in [0.1, 0.15) is 22.5 Å². The van der Waals surface area contributed by atoms with Gasteiger partial charge in [-0.2, -0.15) is 0 Å². The Balaban J connectivity index is 1.52. The van der Waals surface area contributed by atoms with Gasteiger partial charge < -0.3 is 9.80 Å². The lowest BCUT2D eigenvalue weighted by molar-refractivity contribution is 0.149. The third-order valence-corrected chi connectivity index (χ3v) is 9.82. The average molecular weight is 465 g/mol. The molecule has 34 heavy (non-hydrogen) atoms. The van der Waals surface area contributed by atoms with Crippen molar-refractivity contribution in [2.75, 3.05) is 66.2 Å². The number of anilines is 2. The molecule has 0 fully saturated rings.